The van der Waals surface area contributed by atoms with Crippen LogP contribution in [0.1, 0.15) is 13.8 Å². The molecule has 3 heteroatoms. The van der Waals surface area contributed by atoms with Crippen molar-refractivity contribution in [2.75, 3.05) is 0 Å². The molecule has 8 heavy (non-hydrogen) atoms. The quantitative estimate of drug-likeness (QED) is 0.454. The highest BCUT2D eigenvalue weighted by Gasteiger charge is 1.99. The fourth-order valence-corrected chi connectivity index (χ4v) is 0.630. The summed E-state index contributed by atoms with van der Waals surface area (Å²) in [6.07, 6.45) is 3.45. The van der Waals surface area contributed by atoms with Crippen LogP contribution in [0.4, 0.5) is 0 Å². The molecular formula is C5H10O2S. The Morgan fingerprint density at radius 3 is 2.38 bits per heavy atom. The van der Waals surface area contributed by atoms with Gasteiger partial charge in [-0.3, -0.25) is 0 Å². The van der Waals surface area contributed by atoms with Crippen molar-refractivity contribution in [3.63, 3.8) is 0 Å². The second kappa shape index (κ2) is 3.80. The topological polar surface area (TPSA) is 37.3 Å². The summed E-state index contributed by atoms with van der Waals surface area (Å²) in [6.45, 7) is 3.51. The lowest BCUT2D eigenvalue weighted by Gasteiger charge is -1.95. The third-order valence-electron chi connectivity index (χ3n) is 0.782. The molecule has 2 atom stereocenters. The maximum absolute atomic E-state index is 10.1. The molecule has 0 amide bonds. The average Bonchev–Trinajstić information content (AvgIpc) is 1.67. The van der Waals surface area contributed by atoms with Crippen LogP contribution >= 0.6 is 0 Å². The van der Waals surface area contributed by atoms with E-state index in [2.05, 4.69) is 0 Å². The molecule has 0 bridgehead atoms. The zero-order valence-electron chi connectivity index (χ0n) is 5.00. The molecule has 2 unspecified atom stereocenters. The minimum Gasteiger partial charge on any atom is -0.306 e. The van der Waals surface area contributed by atoms with E-state index in [0.29, 0.717) is 0 Å². The Morgan fingerprint density at radius 2 is 2.25 bits per heavy atom. The van der Waals surface area contributed by atoms with Crippen molar-refractivity contribution in [2.45, 2.75) is 19.1 Å². The first-order valence-electron chi connectivity index (χ1n) is 2.41. The average molecular weight is 134 g/mol. The van der Waals surface area contributed by atoms with Crippen molar-refractivity contribution in [3.05, 3.63) is 12.2 Å². The first kappa shape index (κ1) is 7.85. The molecule has 0 rings (SSSR count). The number of rotatable bonds is 2. The van der Waals surface area contributed by atoms with Gasteiger partial charge in [-0.05, 0) is 13.8 Å². The zero-order valence-corrected chi connectivity index (χ0v) is 5.81. The Morgan fingerprint density at radius 1 is 1.75 bits per heavy atom. The van der Waals surface area contributed by atoms with E-state index in [-0.39, 0.29) is 5.25 Å². The van der Waals surface area contributed by atoms with Crippen LogP contribution in [0.2, 0.25) is 0 Å². The Balaban J connectivity index is 3.64. The van der Waals surface area contributed by atoms with Crippen LogP contribution in [0.15, 0.2) is 12.2 Å². The van der Waals surface area contributed by atoms with E-state index in [1.54, 1.807) is 19.1 Å². The molecule has 0 aromatic carbocycles. The van der Waals surface area contributed by atoms with Crippen LogP contribution in [0, 0.1) is 0 Å². The molecular weight excluding hydrogens is 124 g/mol. The van der Waals surface area contributed by atoms with Crippen LogP contribution in [-0.2, 0) is 11.1 Å². The van der Waals surface area contributed by atoms with Crippen molar-refractivity contribution in [1.82, 2.24) is 0 Å². The third kappa shape index (κ3) is 2.93. The predicted octanol–water partition coefficient (Wildman–Crippen LogP) is 1.17. The molecule has 0 aliphatic heterocycles. The maximum atomic E-state index is 10.1. The monoisotopic (exact) mass is 134 g/mol. The van der Waals surface area contributed by atoms with Gasteiger partial charge in [-0.1, -0.05) is 12.2 Å². The Labute approximate surface area is 51.9 Å². The summed E-state index contributed by atoms with van der Waals surface area (Å²) in [5.41, 5.74) is 0. The third-order valence-corrected chi connectivity index (χ3v) is 1.57. The fraction of sp³-hybridized carbons (Fsp3) is 0.600. The second-order valence-corrected chi connectivity index (χ2v) is 2.80. The van der Waals surface area contributed by atoms with Crippen LogP contribution in [0.3, 0.4) is 0 Å². The lowest BCUT2D eigenvalue weighted by molar-refractivity contribution is 0.559. The molecule has 0 aromatic rings. The summed E-state index contributed by atoms with van der Waals surface area (Å²) in [4.78, 5) is 0. The summed E-state index contributed by atoms with van der Waals surface area (Å²) < 4.78 is 18.5. The van der Waals surface area contributed by atoms with Gasteiger partial charge in [0.1, 0.15) is 0 Å². The van der Waals surface area contributed by atoms with Crippen molar-refractivity contribution >= 4 is 11.1 Å². The van der Waals surface area contributed by atoms with Gasteiger partial charge in [-0.15, -0.1) is 0 Å². The van der Waals surface area contributed by atoms with Gasteiger partial charge in [0.2, 0.25) is 0 Å². The van der Waals surface area contributed by atoms with E-state index in [9.17, 15) is 4.21 Å². The van der Waals surface area contributed by atoms with E-state index >= 15 is 0 Å². The van der Waals surface area contributed by atoms with Gasteiger partial charge in [0.25, 0.3) is 0 Å². The van der Waals surface area contributed by atoms with Crippen molar-refractivity contribution < 1.29 is 8.76 Å². The largest absolute Gasteiger partial charge is 0.306 e. The lowest BCUT2D eigenvalue weighted by Crippen LogP contribution is -2.04. The molecule has 0 aliphatic rings. The number of hydrogen-bond donors (Lipinski definition) is 1. The molecule has 0 spiro atoms. The Bertz CT molecular complexity index is 109. The summed E-state index contributed by atoms with van der Waals surface area (Å²) in [5, 5.41) is -0.236. The summed E-state index contributed by atoms with van der Waals surface area (Å²) in [7, 11) is 0. The first-order chi connectivity index (χ1) is 3.68. The standard InChI is InChI=1S/C5H10O2S/c1-3-4-5(2)8(6)7/h3-5H,1-2H3,(H,6,7). The molecule has 2 nitrogen and oxygen atoms in total. The minimum absolute atomic E-state index is 0.236. The molecule has 0 saturated carbocycles. The molecule has 0 fully saturated rings. The van der Waals surface area contributed by atoms with Gasteiger partial charge in [-0.25, -0.2) is 4.21 Å². The van der Waals surface area contributed by atoms with Gasteiger partial charge in [0.15, 0.2) is 11.1 Å². The molecule has 0 saturated heterocycles. The van der Waals surface area contributed by atoms with E-state index in [0.717, 1.165) is 0 Å². The SMILES string of the molecule is CC=CC(C)S(=O)O. The van der Waals surface area contributed by atoms with E-state index < -0.39 is 11.1 Å². The van der Waals surface area contributed by atoms with Gasteiger partial charge in [0, 0.05) is 0 Å². The van der Waals surface area contributed by atoms with Crippen molar-refractivity contribution in [2.24, 2.45) is 0 Å². The molecule has 0 aliphatic carbocycles. The highest BCUT2D eigenvalue weighted by Crippen LogP contribution is 1.92. The van der Waals surface area contributed by atoms with E-state index in [4.69, 9.17) is 4.55 Å². The molecule has 0 heterocycles. The highest BCUT2D eigenvalue weighted by atomic mass is 32.2. The minimum atomic E-state index is -1.70. The van der Waals surface area contributed by atoms with Gasteiger partial charge in [0.05, 0.1) is 5.25 Å². The molecule has 0 radical (unpaired) electrons. The predicted molar refractivity (Wildman–Crippen MR) is 35.0 cm³/mol. The Hall–Kier alpha value is -0.150. The molecule has 48 valence electrons. The summed E-state index contributed by atoms with van der Waals surface area (Å²) >= 11 is -1.70. The van der Waals surface area contributed by atoms with Gasteiger partial charge in [-0.2, -0.15) is 0 Å². The molecule has 1 N–H and O–H groups in total. The van der Waals surface area contributed by atoms with Crippen LogP contribution < -0.4 is 0 Å². The van der Waals surface area contributed by atoms with Crippen LogP contribution in [-0.4, -0.2) is 14.0 Å². The first-order valence-corrected chi connectivity index (χ1v) is 3.58. The summed E-state index contributed by atoms with van der Waals surface area (Å²) in [6, 6.07) is 0. The number of allylic oxidation sites excluding steroid dienone is 1. The van der Waals surface area contributed by atoms with E-state index in [1.165, 1.54) is 0 Å². The lowest BCUT2D eigenvalue weighted by atomic mass is 10.4. The molecule has 0 aromatic heterocycles. The van der Waals surface area contributed by atoms with Crippen molar-refractivity contribution in [3.8, 4) is 0 Å². The van der Waals surface area contributed by atoms with Gasteiger partial charge < -0.3 is 4.55 Å². The van der Waals surface area contributed by atoms with Crippen LogP contribution in [0.5, 0.6) is 0 Å². The fourth-order valence-electron chi connectivity index (χ4n) is 0.338. The number of hydrogen-bond acceptors (Lipinski definition) is 1. The normalized spacial score (nSPS) is 18.9. The second-order valence-electron chi connectivity index (χ2n) is 1.51. The van der Waals surface area contributed by atoms with Crippen LogP contribution in [0.25, 0.3) is 0 Å². The van der Waals surface area contributed by atoms with E-state index in [1.807, 2.05) is 6.92 Å². The summed E-state index contributed by atoms with van der Waals surface area (Å²) in [5.74, 6) is 0. The maximum Gasteiger partial charge on any atom is 0.159 e. The van der Waals surface area contributed by atoms with Gasteiger partial charge >= 0.3 is 0 Å². The zero-order chi connectivity index (χ0) is 6.57. The smallest absolute Gasteiger partial charge is 0.159 e. The Kier molecular flexibility index (Phi) is 3.73. The van der Waals surface area contributed by atoms with Crippen molar-refractivity contribution in [1.29, 1.82) is 0 Å². The highest BCUT2D eigenvalue weighted by molar-refractivity contribution is 7.80.